The Morgan fingerprint density at radius 2 is 1.91 bits per heavy atom. The Balaban J connectivity index is 1.60. The molecule has 0 bridgehead atoms. The second kappa shape index (κ2) is 13.2. The predicted octanol–water partition coefficient (Wildman–Crippen LogP) is 5.38. The van der Waals surface area contributed by atoms with E-state index >= 15 is 0 Å². The van der Waals surface area contributed by atoms with Crippen LogP contribution < -0.4 is 15.5 Å². The second-order valence-corrected chi connectivity index (χ2v) is 9.36. The molecule has 0 unspecified atom stereocenters. The monoisotopic (exact) mass is 482 g/mol. The third kappa shape index (κ3) is 8.19. The quantitative estimate of drug-likeness (QED) is 0.271. The average molecular weight is 483 g/mol. The summed E-state index contributed by atoms with van der Waals surface area (Å²) in [5, 5.41) is 7.87. The van der Waals surface area contributed by atoms with Crippen molar-refractivity contribution in [2.45, 2.75) is 46.7 Å². The number of nitrogens with one attached hydrogen (secondary N) is 2. The van der Waals surface area contributed by atoms with Crippen LogP contribution in [0.4, 0.5) is 0 Å². The first-order valence-corrected chi connectivity index (χ1v) is 12.3. The molecule has 2 N–H and O–H groups in total. The molecule has 1 amide bonds. The highest BCUT2D eigenvalue weighted by Gasteiger charge is 2.13. The van der Waals surface area contributed by atoms with E-state index in [2.05, 4.69) is 34.6 Å². The molecule has 34 heavy (non-hydrogen) atoms. The van der Waals surface area contributed by atoms with Crippen molar-refractivity contribution in [1.82, 2.24) is 15.6 Å². The minimum Gasteiger partial charge on any atom is -0.493 e. The zero-order chi connectivity index (χ0) is 24.3. The SMILES string of the molecule is C/C=C/C(=N\NCc1cc(Cl)ccc1OCC(C)C)NC(=O)c1ccc(CN2CCCC2)cc1. The number of hydrazone groups is 1. The molecule has 1 fully saturated rings. The number of hydrogen-bond donors (Lipinski definition) is 2. The highest BCUT2D eigenvalue weighted by Crippen LogP contribution is 2.23. The number of amides is 1. The lowest BCUT2D eigenvalue weighted by molar-refractivity contribution is 0.0977. The number of amidine groups is 1. The molecular weight excluding hydrogens is 448 g/mol. The van der Waals surface area contributed by atoms with Crippen LogP contribution in [0, 0.1) is 5.92 Å². The molecule has 6 nitrogen and oxygen atoms in total. The lowest BCUT2D eigenvalue weighted by atomic mass is 10.1. The maximum atomic E-state index is 12.8. The first kappa shape index (κ1) is 25.8. The van der Waals surface area contributed by atoms with Crippen LogP contribution in [0.2, 0.25) is 5.02 Å². The van der Waals surface area contributed by atoms with Gasteiger partial charge in [0, 0.05) is 22.7 Å². The van der Waals surface area contributed by atoms with E-state index in [1.54, 1.807) is 6.08 Å². The lowest BCUT2D eigenvalue weighted by Crippen LogP contribution is -2.31. The second-order valence-electron chi connectivity index (χ2n) is 8.92. The number of allylic oxidation sites excluding steroid dienone is 1. The van der Waals surface area contributed by atoms with Gasteiger partial charge in [0.25, 0.3) is 5.91 Å². The summed E-state index contributed by atoms with van der Waals surface area (Å²) in [4.78, 5) is 15.2. The highest BCUT2D eigenvalue weighted by molar-refractivity contribution is 6.30. The van der Waals surface area contributed by atoms with Gasteiger partial charge in [-0.1, -0.05) is 43.7 Å². The number of ether oxygens (including phenoxy) is 1. The fraction of sp³-hybridized carbons (Fsp3) is 0.407. The largest absolute Gasteiger partial charge is 0.493 e. The molecule has 3 rings (SSSR count). The molecule has 1 aliphatic heterocycles. The third-order valence-corrected chi connectivity index (χ3v) is 5.69. The Morgan fingerprint density at radius 3 is 2.59 bits per heavy atom. The molecule has 1 heterocycles. The summed E-state index contributed by atoms with van der Waals surface area (Å²) in [6.07, 6.45) is 6.12. The minimum atomic E-state index is -0.199. The number of carbonyl (C=O) groups excluding carboxylic acids is 1. The molecule has 0 atom stereocenters. The van der Waals surface area contributed by atoms with E-state index in [4.69, 9.17) is 16.3 Å². The van der Waals surface area contributed by atoms with Gasteiger partial charge in [0.2, 0.25) is 0 Å². The Bertz CT molecular complexity index is 996. The molecule has 0 radical (unpaired) electrons. The van der Waals surface area contributed by atoms with Crippen molar-refractivity contribution in [1.29, 1.82) is 0 Å². The first-order chi connectivity index (χ1) is 16.4. The van der Waals surface area contributed by atoms with Gasteiger partial charge in [0.05, 0.1) is 13.2 Å². The van der Waals surface area contributed by atoms with Crippen LogP contribution in [0.25, 0.3) is 0 Å². The van der Waals surface area contributed by atoms with Gasteiger partial charge in [0.15, 0.2) is 5.84 Å². The van der Waals surface area contributed by atoms with Crippen LogP contribution in [0.3, 0.4) is 0 Å². The number of likely N-dealkylation sites (tertiary alicyclic amines) is 1. The highest BCUT2D eigenvalue weighted by atomic mass is 35.5. The van der Waals surface area contributed by atoms with Crippen LogP contribution in [-0.4, -0.2) is 36.3 Å². The summed E-state index contributed by atoms with van der Waals surface area (Å²) in [6, 6.07) is 13.3. The number of rotatable bonds is 10. The van der Waals surface area contributed by atoms with Crippen molar-refractivity contribution in [3.8, 4) is 5.75 Å². The van der Waals surface area contributed by atoms with E-state index in [-0.39, 0.29) is 5.91 Å². The van der Waals surface area contributed by atoms with Gasteiger partial charge < -0.3 is 15.5 Å². The number of nitrogens with zero attached hydrogens (tertiary/aromatic N) is 2. The van der Waals surface area contributed by atoms with Gasteiger partial charge in [-0.3, -0.25) is 9.69 Å². The zero-order valence-corrected chi connectivity index (χ0v) is 21.1. The maximum Gasteiger partial charge on any atom is 0.256 e. The van der Waals surface area contributed by atoms with E-state index in [1.807, 2.05) is 55.5 Å². The summed E-state index contributed by atoms with van der Waals surface area (Å²) in [5.74, 6) is 1.42. The Morgan fingerprint density at radius 1 is 1.18 bits per heavy atom. The van der Waals surface area contributed by atoms with Crippen molar-refractivity contribution >= 4 is 23.3 Å². The maximum absolute atomic E-state index is 12.8. The van der Waals surface area contributed by atoms with Gasteiger partial charge in [0.1, 0.15) is 5.75 Å². The van der Waals surface area contributed by atoms with Gasteiger partial charge in [-0.05, 0) is 80.7 Å². The average Bonchev–Trinajstić information content (AvgIpc) is 3.32. The molecule has 0 spiro atoms. The molecule has 2 aromatic carbocycles. The molecule has 0 aromatic heterocycles. The van der Waals surface area contributed by atoms with Crippen molar-refractivity contribution in [3.05, 3.63) is 76.3 Å². The number of carbonyl (C=O) groups is 1. The van der Waals surface area contributed by atoms with Crippen LogP contribution in [0.15, 0.2) is 59.7 Å². The summed E-state index contributed by atoms with van der Waals surface area (Å²) in [5.41, 5.74) is 5.75. The van der Waals surface area contributed by atoms with Crippen LogP contribution in [-0.2, 0) is 13.1 Å². The molecule has 1 saturated heterocycles. The van der Waals surface area contributed by atoms with Crippen LogP contribution in [0.5, 0.6) is 5.75 Å². The summed E-state index contributed by atoms with van der Waals surface area (Å²) in [6.45, 7) is 10.4. The van der Waals surface area contributed by atoms with Crippen molar-refractivity contribution < 1.29 is 9.53 Å². The smallest absolute Gasteiger partial charge is 0.256 e. The molecule has 2 aromatic rings. The van der Waals surface area contributed by atoms with E-state index in [9.17, 15) is 4.79 Å². The van der Waals surface area contributed by atoms with Gasteiger partial charge >= 0.3 is 0 Å². The molecule has 0 aliphatic carbocycles. The normalized spacial score (nSPS) is 14.7. The fourth-order valence-corrected chi connectivity index (χ4v) is 3.90. The van der Waals surface area contributed by atoms with E-state index in [0.29, 0.717) is 35.5 Å². The van der Waals surface area contributed by atoms with E-state index < -0.39 is 0 Å². The molecular formula is C27H35ClN4O2. The molecule has 182 valence electrons. The Labute approximate surface area is 208 Å². The van der Waals surface area contributed by atoms with E-state index in [0.717, 1.165) is 30.9 Å². The zero-order valence-electron chi connectivity index (χ0n) is 20.3. The summed E-state index contributed by atoms with van der Waals surface area (Å²) >= 11 is 6.18. The minimum absolute atomic E-state index is 0.199. The number of halogens is 1. The van der Waals surface area contributed by atoms with Crippen LogP contribution >= 0.6 is 11.6 Å². The first-order valence-electron chi connectivity index (χ1n) is 11.9. The molecule has 7 heteroatoms. The van der Waals surface area contributed by atoms with Gasteiger partial charge in [-0.25, -0.2) is 0 Å². The number of benzene rings is 2. The number of hydrogen-bond acceptors (Lipinski definition) is 5. The Hall–Kier alpha value is -2.83. The molecule has 1 aliphatic rings. The van der Waals surface area contributed by atoms with Crippen molar-refractivity contribution in [2.75, 3.05) is 19.7 Å². The van der Waals surface area contributed by atoms with Crippen molar-refractivity contribution in [3.63, 3.8) is 0 Å². The lowest BCUT2D eigenvalue weighted by Gasteiger charge is -2.15. The van der Waals surface area contributed by atoms with Crippen LogP contribution in [0.1, 0.15) is 55.1 Å². The van der Waals surface area contributed by atoms with Crippen molar-refractivity contribution in [2.24, 2.45) is 11.0 Å². The van der Waals surface area contributed by atoms with Gasteiger partial charge in [-0.15, -0.1) is 0 Å². The standard InChI is InChI=1S/C27H35ClN4O2/c1-4-7-26(31-29-17-23-16-24(28)12-13-25(23)34-19-20(2)3)30-27(33)22-10-8-21(9-11-22)18-32-14-5-6-15-32/h4,7-13,16,20,29H,5-6,14-15,17-19H2,1-3H3,(H,30,31,33)/b7-4+. The van der Waals surface area contributed by atoms with Gasteiger partial charge in [-0.2, -0.15) is 5.10 Å². The molecule has 0 saturated carbocycles. The summed E-state index contributed by atoms with van der Waals surface area (Å²) < 4.78 is 5.90. The third-order valence-electron chi connectivity index (χ3n) is 5.45. The topological polar surface area (TPSA) is 66.0 Å². The predicted molar refractivity (Wildman–Crippen MR) is 139 cm³/mol. The Kier molecular flexibility index (Phi) is 9.98. The summed E-state index contributed by atoms with van der Waals surface area (Å²) in [7, 11) is 0. The fourth-order valence-electron chi connectivity index (χ4n) is 3.71. The van der Waals surface area contributed by atoms with E-state index in [1.165, 1.54) is 18.4 Å².